The fourth-order valence-corrected chi connectivity index (χ4v) is 24.1. The molecule has 12 heteroatoms. The van der Waals surface area contributed by atoms with E-state index in [1.807, 2.05) is 22.8 Å². The van der Waals surface area contributed by atoms with E-state index in [2.05, 4.69) is 139 Å². The Hall–Kier alpha value is -3.42. The van der Waals surface area contributed by atoms with Gasteiger partial charge in [0.1, 0.15) is 23.0 Å². The number of unbranched alkanes of at least 4 members (excludes halogenated alkanes) is 72. The highest BCUT2D eigenvalue weighted by Gasteiger charge is 2.26. The Morgan fingerprint density at radius 1 is 0.237 bits per heavy atom. The number of carbonyl (C=O) groups is 2. The van der Waals surface area contributed by atoms with Gasteiger partial charge in [0.2, 0.25) is 0 Å². The van der Waals surface area contributed by atoms with Gasteiger partial charge in [0.15, 0.2) is 0 Å². The molecule has 0 heterocycles. The molecule has 8 nitrogen and oxygen atoms in total. The van der Waals surface area contributed by atoms with Crippen LogP contribution in [-0.4, -0.2) is 36.7 Å². The van der Waals surface area contributed by atoms with Crippen molar-refractivity contribution >= 4 is 49.9 Å². The minimum absolute atomic E-state index is 0.00845. The Balaban J connectivity index is 1.22. The minimum Gasteiger partial charge on any atom is -0.466 e. The van der Waals surface area contributed by atoms with Crippen LogP contribution in [-0.2, 0) is 37.3 Å². The van der Waals surface area contributed by atoms with Gasteiger partial charge < -0.3 is 27.6 Å². The Kier molecular flexibility index (Phi) is 82.8. The molecule has 0 fully saturated rings. The predicted octanol–water partition coefficient (Wildman–Crippen LogP) is 42.3. The molecule has 0 aromatic heterocycles. The molecule has 4 rings (SSSR count). The average molecular weight is 1890 g/mol. The highest BCUT2D eigenvalue weighted by molar-refractivity contribution is 8.53. The van der Waals surface area contributed by atoms with Gasteiger partial charge in [-0.3, -0.25) is 9.59 Å². The van der Waals surface area contributed by atoms with Crippen LogP contribution in [0.4, 0.5) is 0 Å². The first-order valence-electron chi connectivity index (χ1n) is 56.9. The zero-order valence-electron chi connectivity index (χ0n) is 86.5. The molecule has 0 bridgehead atoms. The van der Waals surface area contributed by atoms with Crippen molar-refractivity contribution in [2.24, 2.45) is 0 Å². The Morgan fingerprint density at radius 3 is 0.687 bits per heavy atom. The molecule has 752 valence electrons. The Morgan fingerprint density at radius 2 is 0.443 bits per heavy atom. The molecule has 0 aliphatic carbocycles. The van der Waals surface area contributed by atoms with Gasteiger partial charge in [0.05, 0.1) is 13.2 Å². The van der Waals surface area contributed by atoms with Gasteiger partial charge in [-0.15, -0.1) is 0 Å². The van der Waals surface area contributed by atoms with E-state index in [9.17, 15) is 9.59 Å². The summed E-state index contributed by atoms with van der Waals surface area (Å²) < 4.78 is 38.7. The van der Waals surface area contributed by atoms with E-state index in [1.165, 1.54) is 472 Å². The average Bonchev–Trinajstić information content (AvgIpc) is 0.799. The van der Waals surface area contributed by atoms with Gasteiger partial charge in [0.25, 0.3) is 0 Å². The molecule has 131 heavy (non-hydrogen) atoms. The van der Waals surface area contributed by atoms with Crippen molar-refractivity contribution in [3.05, 3.63) is 119 Å². The molecule has 0 radical (unpaired) electrons. The predicted molar refractivity (Wildman–Crippen MR) is 581 cm³/mol. The van der Waals surface area contributed by atoms with Crippen LogP contribution in [0.5, 0.6) is 23.0 Å². The Labute approximate surface area is 821 Å². The summed E-state index contributed by atoms with van der Waals surface area (Å²) >= 11 is 3.71. The summed E-state index contributed by atoms with van der Waals surface area (Å²) in [7, 11) is -2.57. The zero-order chi connectivity index (χ0) is 93.2. The summed E-state index contributed by atoms with van der Waals surface area (Å²) in [5.41, 5.74) is 4.92. The van der Waals surface area contributed by atoms with E-state index in [-0.39, 0.29) is 17.4 Å². The standard InChI is InChI=1S/C119H206O8P2S2/c1-7-11-15-19-23-27-31-37-45-53-61-69-77-87-109-89-85-91-115(107-109)126-128(130-105-83-75-67-59-51-43-35-39-47-55-63-71-79-93-117(120)122-103-81-73-65-57-49-41-33-29-25-21-17-13-9-3)124-113-99-95-111(96-100-113)119(5,6)112-97-101-114(102-98-112)125-129(127-116-92-86-90-110(108-116)88-78-70-62-54-46-38-32-28-24-20-16-12-8-2)131-106-84-76-68-60-52-44-36-40-48-56-64-72-80-94-118(121)123-104-82-74-66-58-50-42-34-30-26-22-18-14-10-4/h85-86,89-92,95-102,107-108H,7-84,87-88,93-94,103-106H2,1-6H3. The van der Waals surface area contributed by atoms with E-state index in [0.717, 1.165) is 98.7 Å². The third-order valence-corrected chi connectivity index (χ3v) is 33.3. The molecule has 4 aromatic rings. The number of rotatable bonds is 100. The van der Waals surface area contributed by atoms with Gasteiger partial charge in [-0.25, -0.2) is 0 Å². The second kappa shape index (κ2) is 90.4. The molecule has 2 atom stereocenters. The molecular formula is C119H206O8P2S2. The number of carbonyl (C=O) groups excluding carboxylic acids is 2. The van der Waals surface area contributed by atoms with Crippen molar-refractivity contribution in [2.75, 3.05) is 24.7 Å². The summed E-state index contributed by atoms with van der Waals surface area (Å²) in [6, 6.07) is 35.4. The van der Waals surface area contributed by atoms with E-state index in [4.69, 9.17) is 27.6 Å². The third kappa shape index (κ3) is 72.5. The van der Waals surface area contributed by atoms with Crippen LogP contribution in [0.15, 0.2) is 97.1 Å². The summed E-state index contributed by atoms with van der Waals surface area (Å²) in [6.07, 6.45) is 106. The number of hydrogen-bond acceptors (Lipinski definition) is 10. The maximum atomic E-state index is 12.3. The van der Waals surface area contributed by atoms with Crippen molar-refractivity contribution in [2.45, 2.75) is 573 Å². The summed E-state index contributed by atoms with van der Waals surface area (Å²) in [5.74, 6) is 5.59. The van der Waals surface area contributed by atoms with Crippen molar-refractivity contribution < 1.29 is 37.2 Å². The van der Waals surface area contributed by atoms with Crippen LogP contribution in [0.3, 0.4) is 0 Å². The lowest BCUT2D eigenvalue weighted by Crippen LogP contribution is -2.18. The summed E-state index contributed by atoms with van der Waals surface area (Å²) in [5, 5.41) is 0. The van der Waals surface area contributed by atoms with E-state index >= 15 is 0 Å². The zero-order valence-corrected chi connectivity index (χ0v) is 89.9. The molecule has 0 saturated carbocycles. The fraction of sp³-hybridized carbons (Fsp3) is 0.782. The Bertz CT molecular complexity index is 2910. The van der Waals surface area contributed by atoms with Crippen molar-refractivity contribution in [3.63, 3.8) is 0 Å². The first-order chi connectivity index (χ1) is 64.6. The SMILES string of the molecule is CCCCCCCCCCCCCCCOC(=O)CCCCCCCCCCCCCCCSP(Oc1ccc(C(C)(C)c2ccc(OP(Oc3cccc(CCCCCCCCCCCCCCC)c3)SCCCCCCCCCCCCCCCC(=O)OCCCCCCCCCCCCCCC)cc2)cc1)Oc1cccc(CCCCCCCCCCCCCCC)c1. The number of benzene rings is 4. The highest BCUT2D eigenvalue weighted by Crippen LogP contribution is 2.54. The maximum absolute atomic E-state index is 12.3. The summed E-state index contributed by atoms with van der Waals surface area (Å²) in [6.45, 7) is 15.1. The molecule has 0 saturated heterocycles. The second-order valence-electron chi connectivity index (χ2n) is 40.1. The fourth-order valence-electron chi connectivity index (χ4n) is 18.4. The summed E-state index contributed by atoms with van der Waals surface area (Å²) in [4.78, 5) is 24.7. The van der Waals surface area contributed by atoms with E-state index in [0.29, 0.717) is 26.1 Å². The van der Waals surface area contributed by atoms with E-state index < -0.39 is 15.2 Å². The van der Waals surface area contributed by atoms with E-state index in [1.54, 1.807) is 0 Å². The first-order valence-corrected chi connectivity index (χ1v) is 62.4. The van der Waals surface area contributed by atoms with Crippen molar-refractivity contribution in [1.29, 1.82) is 0 Å². The van der Waals surface area contributed by atoms with Crippen LogP contribution in [0, 0.1) is 0 Å². The lowest BCUT2D eigenvalue weighted by molar-refractivity contribution is -0.144. The lowest BCUT2D eigenvalue weighted by Gasteiger charge is -2.27. The number of ether oxygens (including phenoxy) is 2. The molecule has 0 aliphatic heterocycles. The van der Waals surface area contributed by atoms with Crippen LogP contribution in [0.25, 0.3) is 0 Å². The number of hydrogen-bond donors (Lipinski definition) is 0. The highest BCUT2D eigenvalue weighted by atomic mass is 32.7. The van der Waals surface area contributed by atoms with Crippen LogP contribution in [0.1, 0.15) is 577 Å². The molecular weight excluding hydrogens is 1680 g/mol. The normalized spacial score (nSPS) is 12.1. The second-order valence-corrected chi connectivity index (χ2v) is 46.3. The van der Waals surface area contributed by atoms with Gasteiger partial charge in [-0.05, 0) is 158 Å². The molecule has 2 unspecified atom stereocenters. The van der Waals surface area contributed by atoms with Gasteiger partial charge in [-0.1, -0.05) is 540 Å². The quantitative estimate of drug-likeness (QED) is 0.0242. The monoisotopic (exact) mass is 1890 g/mol. The smallest absolute Gasteiger partial charge is 0.360 e. The first kappa shape index (κ1) is 120. The topological polar surface area (TPSA) is 89.5 Å². The minimum atomic E-state index is -1.29. The van der Waals surface area contributed by atoms with Crippen molar-refractivity contribution in [3.8, 4) is 23.0 Å². The molecule has 0 N–H and O–H groups in total. The maximum Gasteiger partial charge on any atom is 0.360 e. The third-order valence-electron chi connectivity index (χ3n) is 27.3. The lowest BCUT2D eigenvalue weighted by atomic mass is 9.78. The molecule has 4 aromatic carbocycles. The molecule has 0 spiro atoms. The number of esters is 2. The van der Waals surface area contributed by atoms with Crippen molar-refractivity contribution in [1.82, 2.24) is 0 Å². The van der Waals surface area contributed by atoms with Crippen LogP contribution < -0.4 is 18.1 Å². The molecule has 0 aliphatic rings. The van der Waals surface area contributed by atoms with Gasteiger partial charge in [0, 0.05) is 29.8 Å². The van der Waals surface area contributed by atoms with Crippen LogP contribution >= 0.6 is 37.9 Å². The van der Waals surface area contributed by atoms with Crippen LogP contribution in [0.2, 0.25) is 0 Å². The molecule has 0 amide bonds. The largest absolute Gasteiger partial charge is 0.466 e. The number of aryl methyl sites for hydroxylation is 2. The van der Waals surface area contributed by atoms with Gasteiger partial charge in [-0.2, -0.15) is 0 Å². The van der Waals surface area contributed by atoms with Gasteiger partial charge >= 0.3 is 27.1 Å².